The predicted octanol–water partition coefficient (Wildman–Crippen LogP) is 4.02. The summed E-state index contributed by atoms with van der Waals surface area (Å²) in [6.45, 7) is 8.57. The lowest BCUT2D eigenvalue weighted by Gasteiger charge is -2.37. The molecule has 0 spiro atoms. The molecule has 2 aliphatic heterocycles. The molecule has 160 valence electrons. The van der Waals surface area contributed by atoms with Crippen molar-refractivity contribution in [3.63, 3.8) is 0 Å². The van der Waals surface area contributed by atoms with Gasteiger partial charge in [-0.2, -0.15) is 0 Å². The molecule has 2 aliphatic rings. The summed E-state index contributed by atoms with van der Waals surface area (Å²) in [6, 6.07) is 17.4. The first-order valence-electron chi connectivity index (χ1n) is 11.1. The maximum atomic E-state index is 11.7. The number of ether oxygens (including phenoxy) is 2. The van der Waals surface area contributed by atoms with Crippen LogP contribution in [0.4, 0.5) is 0 Å². The van der Waals surface area contributed by atoms with E-state index in [-0.39, 0.29) is 12.0 Å². The summed E-state index contributed by atoms with van der Waals surface area (Å²) < 4.78 is 12.2. The molecule has 4 rings (SSSR count). The normalized spacial score (nSPS) is 18.9. The van der Waals surface area contributed by atoms with E-state index in [0.29, 0.717) is 19.3 Å². The summed E-state index contributed by atoms with van der Waals surface area (Å²) >= 11 is 0. The van der Waals surface area contributed by atoms with Crippen LogP contribution in [0.3, 0.4) is 0 Å². The van der Waals surface area contributed by atoms with Crippen molar-refractivity contribution in [3.8, 4) is 5.75 Å². The topological polar surface area (TPSA) is 42.0 Å². The molecule has 1 saturated heterocycles. The van der Waals surface area contributed by atoms with Gasteiger partial charge in [0.1, 0.15) is 18.5 Å². The summed E-state index contributed by atoms with van der Waals surface area (Å²) in [4.78, 5) is 16.1. The zero-order valence-corrected chi connectivity index (χ0v) is 18.0. The van der Waals surface area contributed by atoms with Crippen molar-refractivity contribution in [2.45, 2.75) is 45.4 Å². The van der Waals surface area contributed by atoms with E-state index in [1.165, 1.54) is 16.7 Å². The van der Waals surface area contributed by atoms with Gasteiger partial charge < -0.3 is 14.4 Å². The highest BCUT2D eigenvalue weighted by molar-refractivity contribution is 5.73. The van der Waals surface area contributed by atoms with E-state index in [1.54, 1.807) is 6.92 Å². The zero-order valence-electron chi connectivity index (χ0n) is 18.0. The molecule has 1 atom stereocenters. The molecule has 0 N–H and O–H groups in total. The van der Waals surface area contributed by atoms with E-state index in [0.717, 1.165) is 44.8 Å². The number of likely N-dealkylation sites (tertiary alicyclic amines) is 1. The van der Waals surface area contributed by atoms with Gasteiger partial charge in [-0.05, 0) is 43.0 Å². The highest BCUT2D eigenvalue weighted by Gasteiger charge is 2.28. The average Bonchev–Trinajstić information content (AvgIpc) is 3.00. The van der Waals surface area contributed by atoms with Crippen molar-refractivity contribution in [2.75, 3.05) is 32.8 Å². The maximum Gasteiger partial charge on any atom is 0.219 e. The third kappa shape index (κ3) is 4.68. The molecule has 2 heterocycles. The van der Waals surface area contributed by atoms with Crippen LogP contribution in [0.1, 0.15) is 49.5 Å². The molecule has 0 bridgehead atoms. The molecule has 0 radical (unpaired) electrons. The summed E-state index contributed by atoms with van der Waals surface area (Å²) in [5, 5.41) is 0. The summed E-state index contributed by atoms with van der Waals surface area (Å²) in [5.74, 6) is 1.16. The quantitative estimate of drug-likeness (QED) is 0.750. The van der Waals surface area contributed by atoms with Crippen molar-refractivity contribution in [1.82, 2.24) is 9.80 Å². The Labute approximate surface area is 179 Å². The Morgan fingerprint density at radius 2 is 1.87 bits per heavy atom. The molecule has 1 fully saturated rings. The summed E-state index contributed by atoms with van der Waals surface area (Å²) in [5.41, 5.74) is 3.56. The number of carbonyl (C=O) groups is 1. The fraction of sp³-hybridized carbons (Fsp3) is 0.480. The Balaban J connectivity index is 1.53. The Morgan fingerprint density at radius 1 is 1.10 bits per heavy atom. The second-order valence-corrected chi connectivity index (χ2v) is 8.17. The third-order valence-electron chi connectivity index (χ3n) is 6.26. The number of amides is 1. The minimum absolute atomic E-state index is 0.0722. The molecule has 0 saturated carbocycles. The lowest BCUT2D eigenvalue weighted by atomic mass is 9.98. The second kappa shape index (κ2) is 9.63. The van der Waals surface area contributed by atoms with Crippen LogP contribution in [-0.4, -0.2) is 54.6 Å². The molecule has 0 aliphatic carbocycles. The third-order valence-corrected chi connectivity index (χ3v) is 6.26. The van der Waals surface area contributed by atoms with Gasteiger partial charge in [0.2, 0.25) is 5.91 Å². The Bertz CT molecular complexity index is 847. The molecule has 1 amide bonds. The number of nitrogens with zero attached hydrogens (tertiary/aromatic N) is 2. The number of hydrogen-bond acceptors (Lipinski definition) is 4. The van der Waals surface area contributed by atoms with Crippen LogP contribution < -0.4 is 4.74 Å². The fourth-order valence-corrected chi connectivity index (χ4v) is 4.63. The average molecular weight is 409 g/mol. The molecule has 0 unspecified atom stereocenters. The van der Waals surface area contributed by atoms with E-state index in [1.807, 2.05) is 17.9 Å². The van der Waals surface area contributed by atoms with Gasteiger partial charge in [-0.25, -0.2) is 0 Å². The molecule has 0 aromatic heterocycles. The first-order chi connectivity index (χ1) is 14.7. The minimum Gasteiger partial charge on any atom is -0.492 e. The molecule has 30 heavy (non-hydrogen) atoms. The van der Waals surface area contributed by atoms with Gasteiger partial charge in [-0.3, -0.25) is 9.69 Å². The lowest BCUT2D eigenvalue weighted by molar-refractivity contribution is -0.130. The standard InChI is InChI=1S/C25H32N2O3/c1-3-29-25(20-7-5-4-6-8-20)21-9-10-24-22(17-21)18-27(15-16-30-24)23-11-13-26(14-12-23)19(2)28/h4-10,17,23,25H,3,11-16,18H2,1-2H3/t25-/m0/s1. The summed E-state index contributed by atoms with van der Waals surface area (Å²) in [7, 11) is 0. The van der Waals surface area contributed by atoms with Gasteiger partial charge in [0.05, 0.1) is 0 Å². The molecule has 2 aromatic rings. The number of rotatable bonds is 5. The highest BCUT2D eigenvalue weighted by Crippen LogP contribution is 2.32. The van der Waals surface area contributed by atoms with Crippen molar-refractivity contribution in [3.05, 3.63) is 65.2 Å². The zero-order chi connectivity index (χ0) is 20.9. The molecular weight excluding hydrogens is 376 g/mol. The van der Waals surface area contributed by atoms with Gasteiger partial charge in [0.15, 0.2) is 0 Å². The summed E-state index contributed by atoms with van der Waals surface area (Å²) in [6.07, 6.45) is 1.98. The van der Waals surface area contributed by atoms with Gasteiger partial charge in [0, 0.05) is 51.3 Å². The van der Waals surface area contributed by atoms with Gasteiger partial charge in [-0.15, -0.1) is 0 Å². The van der Waals surface area contributed by atoms with E-state index < -0.39 is 0 Å². The molecule has 5 heteroatoms. The Kier molecular flexibility index (Phi) is 6.70. The number of carbonyl (C=O) groups excluding carboxylic acids is 1. The number of benzene rings is 2. The van der Waals surface area contributed by atoms with Crippen molar-refractivity contribution in [2.24, 2.45) is 0 Å². The largest absolute Gasteiger partial charge is 0.492 e. The van der Waals surface area contributed by atoms with Gasteiger partial charge in [-0.1, -0.05) is 36.4 Å². The molecule has 5 nitrogen and oxygen atoms in total. The van der Waals surface area contributed by atoms with E-state index in [2.05, 4.69) is 47.4 Å². The van der Waals surface area contributed by atoms with Crippen LogP contribution in [0.25, 0.3) is 0 Å². The van der Waals surface area contributed by atoms with Crippen molar-refractivity contribution in [1.29, 1.82) is 0 Å². The maximum absolute atomic E-state index is 11.7. The number of fused-ring (bicyclic) bond motifs is 1. The smallest absolute Gasteiger partial charge is 0.219 e. The van der Waals surface area contributed by atoms with Crippen LogP contribution in [0.15, 0.2) is 48.5 Å². The highest BCUT2D eigenvalue weighted by atomic mass is 16.5. The minimum atomic E-state index is -0.0722. The van der Waals surface area contributed by atoms with Gasteiger partial charge >= 0.3 is 0 Å². The van der Waals surface area contributed by atoms with Crippen LogP contribution in [-0.2, 0) is 16.1 Å². The Morgan fingerprint density at radius 3 is 2.57 bits per heavy atom. The molecule has 2 aromatic carbocycles. The van der Waals surface area contributed by atoms with Crippen LogP contribution >= 0.6 is 0 Å². The SMILES string of the molecule is CCO[C@@H](c1ccccc1)c1ccc2c(c1)CN(C1CCN(C(C)=O)CC1)CCO2. The predicted molar refractivity (Wildman–Crippen MR) is 118 cm³/mol. The first-order valence-corrected chi connectivity index (χ1v) is 11.1. The fourth-order valence-electron chi connectivity index (χ4n) is 4.63. The van der Waals surface area contributed by atoms with E-state index in [4.69, 9.17) is 9.47 Å². The number of piperidine rings is 1. The van der Waals surface area contributed by atoms with Crippen LogP contribution in [0.5, 0.6) is 5.75 Å². The van der Waals surface area contributed by atoms with E-state index in [9.17, 15) is 4.79 Å². The van der Waals surface area contributed by atoms with Gasteiger partial charge in [0.25, 0.3) is 0 Å². The lowest BCUT2D eigenvalue weighted by Crippen LogP contribution is -2.46. The number of hydrogen-bond donors (Lipinski definition) is 0. The van der Waals surface area contributed by atoms with E-state index >= 15 is 0 Å². The first kappa shape index (κ1) is 20.9. The van der Waals surface area contributed by atoms with Crippen LogP contribution in [0, 0.1) is 0 Å². The van der Waals surface area contributed by atoms with Crippen LogP contribution in [0.2, 0.25) is 0 Å². The Hall–Kier alpha value is -2.37. The molecular formula is C25H32N2O3. The second-order valence-electron chi connectivity index (χ2n) is 8.17. The van der Waals surface area contributed by atoms with Crippen molar-refractivity contribution < 1.29 is 14.3 Å². The monoisotopic (exact) mass is 408 g/mol. The van der Waals surface area contributed by atoms with Crippen molar-refractivity contribution >= 4 is 5.91 Å².